The second-order valence-corrected chi connectivity index (χ2v) is 10.6. The fraction of sp³-hybridized carbons (Fsp3) is 0.0526. The van der Waals surface area contributed by atoms with Crippen LogP contribution in [0.4, 0.5) is 0 Å². The molecule has 8 aromatic rings. The van der Waals surface area contributed by atoms with E-state index in [2.05, 4.69) is 155 Å². The SMILES string of the molecule is c1ccc2c(c1)c1ccccc1n2-c1ccc(CCc2ccc(-n3c4ccccc4c4ccccc43)cc2)cc1. The molecule has 0 atom stereocenters. The number of benzene rings is 6. The number of rotatable bonds is 5. The summed E-state index contributed by atoms with van der Waals surface area (Å²) < 4.78 is 4.75. The van der Waals surface area contributed by atoms with E-state index in [9.17, 15) is 0 Å². The Morgan fingerprint density at radius 3 is 0.875 bits per heavy atom. The molecule has 0 spiro atoms. The summed E-state index contributed by atoms with van der Waals surface area (Å²) in [5.74, 6) is 0. The quantitative estimate of drug-likeness (QED) is 0.217. The normalized spacial score (nSPS) is 11.7. The Morgan fingerprint density at radius 1 is 0.300 bits per heavy atom. The molecule has 0 bridgehead atoms. The van der Waals surface area contributed by atoms with Gasteiger partial charge in [-0.25, -0.2) is 0 Å². The number of hydrogen-bond acceptors (Lipinski definition) is 0. The molecule has 0 aliphatic carbocycles. The fourth-order valence-corrected chi connectivity index (χ4v) is 6.31. The van der Waals surface area contributed by atoms with Crippen LogP contribution in [0.2, 0.25) is 0 Å². The first-order valence-electron chi connectivity index (χ1n) is 14.0. The second-order valence-electron chi connectivity index (χ2n) is 10.6. The summed E-state index contributed by atoms with van der Waals surface area (Å²) in [4.78, 5) is 0. The van der Waals surface area contributed by atoms with Gasteiger partial charge in [-0.2, -0.15) is 0 Å². The molecular formula is C38H28N2. The molecule has 0 aliphatic rings. The molecule has 2 heterocycles. The summed E-state index contributed by atoms with van der Waals surface area (Å²) >= 11 is 0. The number of aryl methyl sites for hydroxylation is 2. The highest BCUT2D eigenvalue weighted by molar-refractivity contribution is 6.10. The summed E-state index contributed by atoms with van der Waals surface area (Å²) in [7, 11) is 0. The first-order chi connectivity index (χ1) is 19.8. The minimum Gasteiger partial charge on any atom is -0.309 e. The molecule has 2 nitrogen and oxygen atoms in total. The van der Waals surface area contributed by atoms with Gasteiger partial charge in [0.25, 0.3) is 0 Å². The molecule has 2 heteroatoms. The first kappa shape index (κ1) is 22.9. The van der Waals surface area contributed by atoms with Gasteiger partial charge in [0.2, 0.25) is 0 Å². The van der Waals surface area contributed by atoms with E-state index < -0.39 is 0 Å². The highest BCUT2D eigenvalue weighted by atomic mass is 15.0. The van der Waals surface area contributed by atoms with E-state index in [1.165, 1.54) is 66.1 Å². The van der Waals surface area contributed by atoms with E-state index in [0.29, 0.717) is 0 Å². The van der Waals surface area contributed by atoms with Gasteiger partial charge in [0, 0.05) is 32.9 Å². The minimum atomic E-state index is 1.02. The van der Waals surface area contributed by atoms with Gasteiger partial charge >= 0.3 is 0 Å². The molecule has 0 N–H and O–H groups in total. The topological polar surface area (TPSA) is 9.86 Å². The number of fused-ring (bicyclic) bond motifs is 6. The van der Waals surface area contributed by atoms with Gasteiger partial charge in [-0.05, 0) is 72.5 Å². The average Bonchev–Trinajstić information content (AvgIpc) is 3.54. The maximum atomic E-state index is 2.38. The molecule has 190 valence electrons. The largest absolute Gasteiger partial charge is 0.309 e. The lowest BCUT2D eigenvalue weighted by Gasteiger charge is -2.10. The van der Waals surface area contributed by atoms with Crippen LogP contribution in [0.5, 0.6) is 0 Å². The molecule has 8 rings (SSSR count). The summed E-state index contributed by atoms with van der Waals surface area (Å²) in [5.41, 5.74) is 10.1. The third kappa shape index (κ3) is 3.65. The van der Waals surface area contributed by atoms with E-state index in [-0.39, 0.29) is 0 Å². The van der Waals surface area contributed by atoms with E-state index in [4.69, 9.17) is 0 Å². The zero-order valence-corrected chi connectivity index (χ0v) is 22.2. The van der Waals surface area contributed by atoms with Crippen LogP contribution in [0.25, 0.3) is 55.0 Å². The molecule has 0 saturated carbocycles. The molecule has 0 saturated heterocycles. The van der Waals surface area contributed by atoms with Gasteiger partial charge in [-0.3, -0.25) is 0 Å². The van der Waals surface area contributed by atoms with Crippen molar-refractivity contribution in [1.29, 1.82) is 0 Å². The minimum absolute atomic E-state index is 1.02. The molecular weight excluding hydrogens is 484 g/mol. The Balaban J connectivity index is 1.05. The number of hydrogen-bond donors (Lipinski definition) is 0. The van der Waals surface area contributed by atoms with Crippen molar-refractivity contribution in [3.8, 4) is 11.4 Å². The van der Waals surface area contributed by atoms with Crippen LogP contribution in [-0.4, -0.2) is 9.13 Å². The van der Waals surface area contributed by atoms with Crippen molar-refractivity contribution in [2.24, 2.45) is 0 Å². The monoisotopic (exact) mass is 512 g/mol. The summed E-state index contributed by atoms with van der Waals surface area (Å²) in [6.45, 7) is 0. The Bertz CT molecular complexity index is 1880. The Hall–Kier alpha value is -5.08. The summed E-state index contributed by atoms with van der Waals surface area (Å²) in [6.07, 6.45) is 2.03. The van der Waals surface area contributed by atoms with Gasteiger partial charge in [0.1, 0.15) is 0 Å². The third-order valence-electron chi connectivity index (χ3n) is 8.25. The standard InChI is InChI=1S/C38H28N2/c1-5-13-35-31(9-1)32-10-2-6-14-36(32)39(35)29-23-19-27(20-24-29)17-18-28-21-25-30(26-22-28)40-37-15-7-3-11-33(37)34-12-4-8-16-38(34)40/h1-16,19-26H,17-18H2. The zero-order chi connectivity index (χ0) is 26.5. The second kappa shape index (κ2) is 9.29. The molecule has 0 radical (unpaired) electrons. The molecule has 2 aromatic heterocycles. The molecule has 0 amide bonds. The van der Waals surface area contributed by atoms with Crippen molar-refractivity contribution in [3.63, 3.8) is 0 Å². The van der Waals surface area contributed by atoms with E-state index >= 15 is 0 Å². The van der Waals surface area contributed by atoms with Gasteiger partial charge < -0.3 is 9.13 Å². The van der Waals surface area contributed by atoms with Gasteiger partial charge in [0.05, 0.1) is 22.1 Å². The van der Waals surface area contributed by atoms with E-state index in [0.717, 1.165) is 12.8 Å². The highest BCUT2D eigenvalue weighted by Crippen LogP contribution is 2.33. The predicted octanol–water partition coefficient (Wildman–Crippen LogP) is 9.67. The van der Waals surface area contributed by atoms with Crippen LogP contribution < -0.4 is 0 Å². The Morgan fingerprint density at radius 2 is 0.575 bits per heavy atom. The number of nitrogens with zero attached hydrogens (tertiary/aromatic N) is 2. The van der Waals surface area contributed by atoms with Crippen molar-refractivity contribution < 1.29 is 0 Å². The average molecular weight is 513 g/mol. The van der Waals surface area contributed by atoms with Crippen LogP contribution in [0, 0.1) is 0 Å². The molecule has 40 heavy (non-hydrogen) atoms. The van der Waals surface area contributed by atoms with Crippen molar-refractivity contribution in [3.05, 3.63) is 157 Å². The van der Waals surface area contributed by atoms with Crippen LogP contribution in [0.1, 0.15) is 11.1 Å². The molecule has 6 aromatic carbocycles. The van der Waals surface area contributed by atoms with Crippen molar-refractivity contribution in [1.82, 2.24) is 9.13 Å². The van der Waals surface area contributed by atoms with Gasteiger partial charge in [0.15, 0.2) is 0 Å². The third-order valence-corrected chi connectivity index (χ3v) is 8.25. The maximum absolute atomic E-state index is 2.38. The molecule has 0 unspecified atom stereocenters. The van der Waals surface area contributed by atoms with Gasteiger partial charge in [-0.1, -0.05) is 97.1 Å². The number of para-hydroxylation sites is 4. The van der Waals surface area contributed by atoms with Crippen molar-refractivity contribution in [2.75, 3.05) is 0 Å². The fourth-order valence-electron chi connectivity index (χ4n) is 6.31. The van der Waals surface area contributed by atoms with Crippen LogP contribution in [0.15, 0.2) is 146 Å². The maximum Gasteiger partial charge on any atom is 0.0541 e. The van der Waals surface area contributed by atoms with E-state index in [1.54, 1.807) is 0 Å². The lowest BCUT2D eigenvalue weighted by molar-refractivity contribution is 0.957. The van der Waals surface area contributed by atoms with Crippen LogP contribution in [-0.2, 0) is 12.8 Å². The lowest BCUT2D eigenvalue weighted by atomic mass is 10.0. The van der Waals surface area contributed by atoms with Crippen molar-refractivity contribution in [2.45, 2.75) is 12.8 Å². The Labute approximate surface area is 233 Å². The van der Waals surface area contributed by atoms with E-state index in [1.807, 2.05) is 0 Å². The van der Waals surface area contributed by atoms with Gasteiger partial charge in [-0.15, -0.1) is 0 Å². The Kier molecular flexibility index (Phi) is 5.31. The summed E-state index contributed by atoms with van der Waals surface area (Å²) in [5, 5.41) is 5.19. The van der Waals surface area contributed by atoms with Crippen LogP contribution >= 0.6 is 0 Å². The zero-order valence-electron chi connectivity index (χ0n) is 22.2. The van der Waals surface area contributed by atoms with Crippen molar-refractivity contribution >= 4 is 43.6 Å². The van der Waals surface area contributed by atoms with Crippen LogP contribution in [0.3, 0.4) is 0 Å². The first-order valence-corrected chi connectivity index (χ1v) is 14.0. The molecule has 0 aliphatic heterocycles. The number of aromatic nitrogens is 2. The lowest BCUT2D eigenvalue weighted by Crippen LogP contribution is -1.97. The smallest absolute Gasteiger partial charge is 0.0541 e. The molecule has 0 fully saturated rings. The summed E-state index contributed by atoms with van der Waals surface area (Å²) in [6, 6.07) is 52.9. The highest BCUT2D eigenvalue weighted by Gasteiger charge is 2.12. The predicted molar refractivity (Wildman–Crippen MR) is 169 cm³/mol.